The zero-order valence-corrected chi connectivity index (χ0v) is 13.5. The van der Waals surface area contributed by atoms with Crippen molar-refractivity contribution in [3.8, 4) is 0 Å². The highest BCUT2D eigenvalue weighted by atomic mass is 79.9. The van der Waals surface area contributed by atoms with Crippen molar-refractivity contribution in [3.63, 3.8) is 0 Å². The Morgan fingerprint density at radius 2 is 2.06 bits per heavy atom. The molecule has 92 valence electrons. The van der Waals surface area contributed by atoms with Crippen molar-refractivity contribution in [2.75, 3.05) is 5.33 Å². The fourth-order valence-corrected chi connectivity index (χ4v) is 3.80. The van der Waals surface area contributed by atoms with E-state index in [1.165, 1.54) is 5.56 Å². The molecule has 0 amide bonds. The van der Waals surface area contributed by atoms with Gasteiger partial charge in [0.2, 0.25) is 0 Å². The molecule has 2 rings (SSSR count). The van der Waals surface area contributed by atoms with Gasteiger partial charge < -0.3 is 5.32 Å². The van der Waals surface area contributed by atoms with Crippen molar-refractivity contribution >= 4 is 48.8 Å². The molecule has 2 nitrogen and oxygen atoms in total. The lowest BCUT2D eigenvalue weighted by Crippen LogP contribution is -2.28. The Kier molecular flexibility index (Phi) is 4.94. The molecule has 2 atom stereocenters. The molecule has 0 bridgehead atoms. The first-order valence-electron chi connectivity index (χ1n) is 5.47. The van der Waals surface area contributed by atoms with Gasteiger partial charge in [-0.2, -0.15) is 0 Å². The van der Waals surface area contributed by atoms with Crippen LogP contribution in [0.5, 0.6) is 0 Å². The maximum atomic E-state index is 4.60. The highest BCUT2D eigenvalue weighted by molar-refractivity contribution is 9.10. The summed E-state index contributed by atoms with van der Waals surface area (Å²) >= 11 is 8.78. The summed E-state index contributed by atoms with van der Waals surface area (Å²) < 4.78 is 1.11. The molecule has 1 saturated heterocycles. The molecule has 1 fully saturated rings. The summed E-state index contributed by atoms with van der Waals surface area (Å²) in [5.74, 6) is 0. The lowest BCUT2D eigenvalue weighted by atomic mass is 10.2. The van der Waals surface area contributed by atoms with E-state index in [9.17, 15) is 0 Å². The van der Waals surface area contributed by atoms with E-state index < -0.39 is 0 Å². The molecule has 1 aliphatic rings. The van der Waals surface area contributed by atoms with Crippen molar-refractivity contribution in [2.24, 2.45) is 4.99 Å². The molecule has 1 aliphatic heterocycles. The van der Waals surface area contributed by atoms with Gasteiger partial charge in [0.05, 0.1) is 6.54 Å². The topological polar surface area (TPSA) is 24.4 Å². The van der Waals surface area contributed by atoms with Gasteiger partial charge in [-0.05, 0) is 24.6 Å². The zero-order chi connectivity index (χ0) is 12.3. The molecule has 1 aromatic rings. The summed E-state index contributed by atoms with van der Waals surface area (Å²) in [6.45, 7) is 2.94. The number of halogens is 2. The molecule has 0 saturated carbocycles. The van der Waals surface area contributed by atoms with E-state index in [-0.39, 0.29) is 0 Å². The lowest BCUT2D eigenvalue weighted by Gasteiger charge is -2.07. The van der Waals surface area contributed by atoms with E-state index in [1.54, 1.807) is 0 Å². The fraction of sp³-hybridized carbons (Fsp3) is 0.417. The summed E-state index contributed by atoms with van der Waals surface area (Å²) in [4.78, 5) is 4.60. The molecule has 0 aromatic heterocycles. The predicted octanol–water partition coefficient (Wildman–Crippen LogP) is 3.79. The quantitative estimate of drug-likeness (QED) is 0.810. The first-order valence-corrected chi connectivity index (χ1v) is 8.26. The number of benzene rings is 1. The minimum Gasteiger partial charge on any atom is -0.361 e. The molecule has 1 N–H and O–H groups in total. The Hall–Kier alpha value is -0.000000000000000111. The summed E-state index contributed by atoms with van der Waals surface area (Å²) in [5.41, 5.74) is 1.23. The third-order valence-electron chi connectivity index (χ3n) is 2.64. The standard InChI is InChI=1S/C12H14Br2N2S/c1-8-11(6-13)17-12(16-8)15-7-9-2-4-10(14)5-3-9/h2-5,8,11H,6-7H2,1H3,(H,15,16). The van der Waals surface area contributed by atoms with Crippen LogP contribution >= 0.6 is 43.6 Å². The van der Waals surface area contributed by atoms with Crippen molar-refractivity contribution in [1.29, 1.82) is 0 Å². The molecule has 17 heavy (non-hydrogen) atoms. The van der Waals surface area contributed by atoms with Gasteiger partial charge in [0.1, 0.15) is 0 Å². The van der Waals surface area contributed by atoms with Crippen molar-refractivity contribution in [1.82, 2.24) is 5.32 Å². The van der Waals surface area contributed by atoms with Gasteiger partial charge in [-0.25, -0.2) is 0 Å². The highest BCUT2D eigenvalue weighted by Gasteiger charge is 2.27. The number of nitrogens with zero attached hydrogens (tertiary/aromatic N) is 1. The van der Waals surface area contributed by atoms with Crippen LogP contribution in [0.25, 0.3) is 0 Å². The second-order valence-corrected chi connectivity index (χ2v) is 6.78. The van der Waals surface area contributed by atoms with Crippen LogP contribution in [-0.2, 0) is 6.54 Å². The molecule has 0 radical (unpaired) electrons. The Labute approximate surface area is 123 Å². The molecule has 5 heteroatoms. The van der Waals surface area contributed by atoms with Crippen LogP contribution in [0.3, 0.4) is 0 Å². The van der Waals surface area contributed by atoms with Crippen LogP contribution in [0, 0.1) is 0 Å². The summed E-state index contributed by atoms with van der Waals surface area (Å²) in [5, 5.41) is 6.06. The number of hydrogen-bond donors (Lipinski definition) is 1. The second kappa shape index (κ2) is 6.25. The molecule has 0 aliphatic carbocycles. The average Bonchev–Trinajstić information content (AvgIpc) is 2.69. The maximum Gasteiger partial charge on any atom is 0.157 e. The number of aliphatic imine (C=N–C) groups is 1. The molecule has 2 unspecified atom stereocenters. The van der Waals surface area contributed by atoms with Crippen LogP contribution in [-0.4, -0.2) is 21.8 Å². The Bertz CT molecular complexity index is 405. The second-order valence-electron chi connectivity index (χ2n) is 3.99. The van der Waals surface area contributed by atoms with Crippen LogP contribution in [0.2, 0.25) is 0 Å². The zero-order valence-electron chi connectivity index (χ0n) is 9.49. The fourth-order valence-electron chi connectivity index (χ4n) is 1.57. The smallest absolute Gasteiger partial charge is 0.157 e. The van der Waals surface area contributed by atoms with Gasteiger partial charge in [-0.15, -0.1) is 0 Å². The minimum absolute atomic E-state index is 0.489. The van der Waals surface area contributed by atoms with Crippen molar-refractivity contribution < 1.29 is 0 Å². The Morgan fingerprint density at radius 3 is 2.65 bits per heavy atom. The number of amidine groups is 1. The third-order valence-corrected chi connectivity index (χ3v) is 5.65. The maximum absolute atomic E-state index is 4.60. The number of thioether (sulfide) groups is 1. The van der Waals surface area contributed by atoms with Crippen molar-refractivity contribution in [2.45, 2.75) is 24.8 Å². The van der Waals surface area contributed by atoms with Crippen LogP contribution < -0.4 is 5.32 Å². The third kappa shape index (κ3) is 3.73. The predicted molar refractivity (Wildman–Crippen MR) is 83.1 cm³/mol. The number of nitrogens with one attached hydrogen (secondary N) is 1. The average molecular weight is 378 g/mol. The van der Waals surface area contributed by atoms with E-state index in [1.807, 2.05) is 11.8 Å². The molecular weight excluding hydrogens is 364 g/mol. The molecule has 1 heterocycles. The Morgan fingerprint density at radius 1 is 1.35 bits per heavy atom. The normalized spacial score (nSPS) is 26.2. The van der Waals surface area contributed by atoms with E-state index in [0.29, 0.717) is 11.3 Å². The largest absolute Gasteiger partial charge is 0.361 e. The van der Waals surface area contributed by atoms with E-state index in [2.05, 4.69) is 73.4 Å². The van der Waals surface area contributed by atoms with E-state index in [4.69, 9.17) is 0 Å². The summed E-state index contributed by atoms with van der Waals surface area (Å²) in [6.07, 6.45) is 0. The van der Waals surface area contributed by atoms with Crippen LogP contribution in [0.4, 0.5) is 0 Å². The SMILES string of the molecule is CC1NC(=NCc2ccc(Br)cc2)SC1CBr. The van der Waals surface area contributed by atoms with Gasteiger partial charge in [0, 0.05) is 21.1 Å². The Balaban J connectivity index is 1.95. The molecule has 0 spiro atoms. The van der Waals surface area contributed by atoms with Gasteiger partial charge in [0.15, 0.2) is 5.17 Å². The van der Waals surface area contributed by atoms with Crippen LogP contribution in [0.1, 0.15) is 12.5 Å². The summed E-state index contributed by atoms with van der Waals surface area (Å²) in [6, 6.07) is 8.78. The monoisotopic (exact) mass is 376 g/mol. The molecule has 1 aromatic carbocycles. The van der Waals surface area contributed by atoms with Crippen LogP contribution in [0.15, 0.2) is 33.7 Å². The van der Waals surface area contributed by atoms with Gasteiger partial charge in [0.25, 0.3) is 0 Å². The summed E-state index contributed by atoms with van der Waals surface area (Å²) in [7, 11) is 0. The van der Waals surface area contributed by atoms with Crippen molar-refractivity contribution in [3.05, 3.63) is 34.3 Å². The lowest BCUT2D eigenvalue weighted by molar-refractivity contribution is 0.684. The number of alkyl halides is 1. The first-order chi connectivity index (χ1) is 8.19. The molecular formula is C12H14Br2N2S. The van der Waals surface area contributed by atoms with Gasteiger partial charge >= 0.3 is 0 Å². The minimum atomic E-state index is 0.489. The number of hydrogen-bond acceptors (Lipinski definition) is 2. The van der Waals surface area contributed by atoms with Gasteiger partial charge in [-0.1, -0.05) is 55.8 Å². The first kappa shape index (κ1) is 13.4. The van der Waals surface area contributed by atoms with Gasteiger partial charge in [-0.3, -0.25) is 4.99 Å². The highest BCUT2D eigenvalue weighted by Crippen LogP contribution is 2.25. The van der Waals surface area contributed by atoms with E-state index in [0.717, 1.165) is 21.5 Å². The van der Waals surface area contributed by atoms with E-state index >= 15 is 0 Å². The number of rotatable bonds is 3.